The molecule has 0 spiro atoms. The Morgan fingerprint density at radius 3 is 2.77 bits per heavy atom. The van der Waals surface area contributed by atoms with Crippen LogP contribution >= 0.6 is 0 Å². The summed E-state index contributed by atoms with van der Waals surface area (Å²) in [5.41, 5.74) is 0. The first kappa shape index (κ1) is 12.7. The van der Waals surface area contributed by atoms with Crippen LogP contribution in [0.3, 0.4) is 0 Å². The third-order valence-electron chi connectivity index (χ3n) is 1.81. The van der Waals surface area contributed by atoms with Crippen molar-refractivity contribution in [3.63, 3.8) is 0 Å². The van der Waals surface area contributed by atoms with Crippen molar-refractivity contribution in [2.45, 2.75) is 26.7 Å². The zero-order chi connectivity index (χ0) is 9.94. The second-order valence-corrected chi connectivity index (χ2v) is 3.40. The van der Waals surface area contributed by atoms with Gasteiger partial charge < -0.3 is 10.1 Å². The summed E-state index contributed by atoms with van der Waals surface area (Å²) in [4.78, 5) is 0. The highest BCUT2D eigenvalue weighted by Crippen LogP contribution is 1.97. The maximum Gasteiger partial charge on any atom is 0.0522 e. The molecule has 0 aromatic heterocycles. The molecular formula is C11H23NO. The van der Waals surface area contributed by atoms with E-state index in [0.29, 0.717) is 5.92 Å². The highest BCUT2D eigenvalue weighted by molar-refractivity contribution is 4.86. The molecular weight excluding hydrogens is 162 g/mol. The number of rotatable bonds is 8. The lowest BCUT2D eigenvalue weighted by molar-refractivity contribution is 0.176. The first-order valence-corrected chi connectivity index (χ1v) is 5.17. The summed E-state index contributed by atoms with van der Waals surface area (Å²) in [7, 11) is 1.74. The molecule has 0 rings (SSSR count). The van der Waals surface area contributed by atoms with Crippen molar-refractivity contribution in [3.05, 3.63) is 12.2 Å². The quantitative estimate of drug-likeness (QED) is 0.462. The van der Waals surface area contributed by atoms with Gasteiger partial charge in [-0.2, -0.15) is 0 Å². The molecule has 78 valence electrons. The van der Waals surface area contributed by atoms with Gasteiger partial charge in [-0.3, -0.25) is 0 Å². The summed E-state index contributed by atoms with van der Waals surface area (Å²) in [6.45, 7) is 7.38. The molecule has 2 heteroatoms. The molecule has 0 amide bonds. The van der Waals surface area contributed by atoms with Crippen LogP contribution in [-0.4, -0.2) is 26.8 Å². The molecule has 1 unspecified atom stereocenters. The van der Waals surface area contributed by atoms with Gasteiger partial charge in [-0.05, 0) is 31.8 Å². The van der Waals surface area contributed by atoms with Gasteiger partial charge in [0, 0.05) is 7.11 Å². The Labute approximate surface area is 82.4 Å². The van der Waals surface area contributed by atoms with Crippen molar-refractivity contribution in [2.75, 3.05) is 26.8 Å². The Bertz CT molecular complexity index is 123. The SMILES string of the molecule is CCCNCC/C=C/C(C)COC. The van der Waals surface area contributed by atoms with Gasteiger partial charge in [-0.1, -0.05) is 26.0 Å². The Hall–Kier alpha value is -0.340. The first-order valence-electron chi connectivity index (χ1n) is 5.17. The number of methoxy groups -OCH3 is 1. The van der Waals surface area contributed by atoms with E-state index in [1.807, 2.05) is 0 Å². The number of hydrogen-bond donors (Lipinski definition) is 1. The molecule has 0 aromatic carbocycles. The predicted octanol–water partition coefficient (Wildman–Crippen LogP) is 2.21. The van der Waals surface area contributed by atoms with E-state index in [-0.39, 0.29) is 0 Å². The fourth-order valence-electron chi connectivity index (χ4n) is 1.13. The highest BCUT2D eigenvalue weighted by atomic mass is 16.5. The van der Waals surface area contributed by atoms with Crippen molar-refractivity contribution < 1.29 is 4.74 Å². The maximum atomic E-state index is 5.03. The van der Waals surface area contributed by atoms with Crippen LogP contribution in [-0.2, 0) is 4.74 Å². The summed E-state index contributed by atoms with van der Waals surface area (Å²) in [6, 6.07) is 0. The molecule has 0 heterocycles. The number of hydrogen-bond acceptors (Lipinski definition) is 2. The molecule has 0 saturated carbocycles. The van der Waals surface area contributed by atoms with Gasteiger partial charge >= 0.3 is 0 Å². The zero-order valence-electron chi connectivity index (χ0n) is 9.18. The van der Waals surface area contributed by atoms with E-state index in [1.165, 1.54) is 6.42 Å². The summed E-state index contributed by atoms with van der Waals surface area (Å²) in [6.07, 6.45) is 6.78. The Balaban J connectivity index is 3.20. The summed E-state index contributed by atoms with van der Waals surface area (Å²) >= 11 is 0. The van der Waals surface area contributed by atoms with E-state index in [0.717, 1.165) is 26.1 Å². The molecule has 1 N–H and O–H groups in total. The van der Waals surface area contributed by atoms with Crippen LogP contribution in [0.4, 0.5) is 0 Å². The fraction of sp³-hybridized carbons (Fsp3) is 0.818. The van der Waals surface area contributed by atoms with E-state index >= 15 is 0 Å². The minimum absolute atomic E-state index is 0.538. The number of nitrogens with one attached hydrogen (secondary N) is 1. The van der Waals surface area contributed by atoms with Crippen LogP contribution in [0.15, 0.2) is 12.2 Å². The van der Waals surface area contributed by atoms with Gasteiger partial charge in [0.2, 0.25) is 0 Å². The van der Waals surface area contributed by atoms with Crippen molar-refractivity contribution >= 4 is 0 Å². The smallest absolute Gasteiger partial charge is 0.0522 e. The lowest BCUT2D eigenvalue weighted by Gasteiger charge is -2.03. The van der Waals surface area contributed by atoms with E-state index in [4.69, 9.17) is 4.74 Å². The minimum atomic E-state index is 0.538. The van der Waals surface area contributed by atoms with Gasteiger partial charge in [-0.15, -0.1) is 0 Å². The van der Waals surface area contributed by atoms with E-state index < -0.39 is 0 Å². The average Bonchev–Trinajstić information content (AvgIpc) is 2.11. The third kappa shape index (κ3) is 9.57. The van der Waals surface area contributed by atoms with Crippen LogP contribution in [0.25, 0.3) is 0 Å². The molecule has 0 aliphatic heterocycles. The highest BCUT2D eigenvalue weighted by Gasteiger charge is 1.92. The Morgan fingerprint density at radius 1 is 1.38 bits per heavy atom. The third-order valence-corrected chi connectivity index (χ3v) is 1.81. The molecule has 1 atom stereocenters. The van der Waals surface area contributed by atoms with Crippen molar-refractivity contribution in [3.8, 4) is 0 Å². The Kier molecular flexibility index (Phi) is 9.49. The van der Waals surface area contributed by atoms with Crippen molar-refractivity contribution in [1.82, 2.24) is 5.32 Å². The van der Waals surface area contributed by atoms with Crippen LogP contribution < -0.4 is 5.32 Å². The largest absolute Gasteiger partial charge is 0.384 e. The molecule has 0 saturated heterocycles. The van der Waals surface area contributed by atoms with Crippen molar-refractivity contribution in [1.29, 1.82) is 0 Å². The average molecular weight is 185 g/mol. The maximum absolute atomic E-state index is 5.03. The second kappa shape index (κ2) is 9.75. The van der Waals surface area contributed by atoms with Gasteiger partial charge in [0.1, 0.15) is 0 Å². The van der Waals surface area contributed by atoms with Crippen LogP contribution in [0.1, 0.15) is 26.7 Å². The van der Waals surface area contributed by atoms with Crippen LogP contribution in [0, 0.1) is 5.92 Å². The molecule has 0 aliphatic rings. The molecule has 0 radical (unpaired) electrons. The van der Waals surface area contributed by atoms with Gasteiger partial charge in [0.25, 0.3) is 0 Å². The van der Waals surface area contributed by atoms with E-state index in [9.17, 15) is 0 Å². The molecule has 2 nitrogen and oxygen atoms in total. The van der Waals surface area contributed by atoms with Crippen molar-refractivity contribution in [2.24, 2.45) is 5.92 Å². The number of ether oxygens (including phenoxy) is 1. The molecule has 0 aliphatic carbocycles. The van der Waals surface area contributed by atoms with Gasteiger partial charge in [-0.25, -0.2) is 0 Å². The monoisotopic (exact) mass is 185 g/mol. The Morgan fingerprint density at radius 2 is 2.15 bits per heavy atom. The minimum Gasteiger partial charge on any atom is -0.384 e. The fourth-order valence-corrected chi connectivity index (χ4v) is 1.13. The topological polar surface area (TPSA) is 21.3 Å². The lowest BCUT2D eigenvalue weighted by atomic mass is 10.2. The summed E-state index contributed by atoms with van der Waals surface area (Å²) in [5.74, 6) is 0.538. The summed E-state index contributed by atoms with van der Waals surface area (Å²) in [5, 5.41) is 3.36. The summed E-state index contributed by atoms with van der Waals surface area (Å²) < 4.78 is 5.03. The normalized spacial score (nSPS) is 13.8. The standard InChI is InChI=1S/C11H23NO/c1-4-8-12-9-6-5-7-11(2)10-13-3/h5,7,11-12H,4,6,8-10H2,1-3H3/b7-5+. The molecule has 0 fully saturated rings. The van der Waals surface area contributed by atoms with Gasteiger partial charge in [0.15, 0.2) is 0 Å². The second-order valence-electron chi connectivity index (χ2n) is 3.40. The lowest BCUT2D eigenvalue weighted by Crippen LogP contribution is -2.15. The molecule has 13 heavy (non-hydrogen) atoms. The van der Waals surface area contributed by atoms with E-state index in [2.05, 4.69) is 31.3 Å². The van der Waals surface area contributed by atoms with E-state index in [1.54, 1.807) is 7.11 Å². The molecule has 0 bridgehead atoms. The first-order chi connectivity index (χ1) is 6.31. The molecule has 0 aromatic rings. The van der Waals surface area contributed by atoms with Crippen LogP contribution in [0.5, 0.6) is 0 Å². The zero-order valence-corrected chi connectivity index (χ0v) is 9.18. The van der Waals surface area contributed by atoms with Gasteiger partial charge in [0.05, 0.1) is 6.61 Å². The van der Waals surface area contributed by atoms with Crippen LogP contribution in [0.2, 0.25) is 0 Å². The predicted molar refractivity (Wildman–Crippen MR) is 58.0 cm³/mol.